The zero-order chi connectivity index (χ0) is 30.2. The Morgan fingerprint density at radius 3 is 2.49 bits per heavy atom. The van der Waals surface area contributed by atoms with Crippen molar-refractivity contribution in [1.29, 1.82) is 0 Å². The number of imide groups is 1. The second kappa shape index (κ2) is 17.9. The summed E-state index contributed by atoms with van der Waals surface area (Å²) in [5.74, 6) is -1.01. The maximum Gasteiger partial charge on any atom is 0.338 e. The molecule has 1 aliphatic heterocycles. The zero-order valence-corrected chi connectivity index (χ0v) is 24.5. The van der Waals surface area contributed by atoms with E-state index in [0.29, 0.717) is 37.3 Å². The lowest BCUT2D eigenvalue weighted by Crippen LogP contribution is -2.48. The van der Waals surface area contributed by atoms with Crippen LogP contribution in [0, 0.1) is 12.8 Å². The molecule has 0 saturated carbocycles. The monoisotopic (exact) mass is 568 g/mol. The number of carboxylic acids is 1. The average molecular weight is 569 g/mol. The summed E-state index contributed by atoms with van der Waals surface area (Å²) < 4.78 is 0. The van der Waals surface area contributed by atoms with Gasteiger partial charge in [0.25, 0.3) is 5.91 Å². The minimum atomic E-state index is -1.08. The number of carboxylic acid groups (broad SMARTS) is 1. The Labute approximate surface area is 243 Å². The number of rotatable bonds is 18. The Morgan fingerprint density at radius 2 is 1.90 bits per heavy atom. The van der Waals surface area contributed by atoms with Crippen LogP contribution in [0.4, 0.5) is 5.69 Å². The van der Waals surface area contributed by atoms with Crippen LogP contribution in [0.15, 0.2) is 40.0 Å². The third kappa shape index (κ3) is 10.7. The molecule has 0 radical (unpaired) electrons. The van der Waals surface area contributed by atoms with Crippen LogP contribution >= 0.6 is 0 Å². The fourth-order valence-corrected chi connectivity index (χ4v) is 4.92. The Morgan fingerprint density at radius 1 is 1.17 bits per heavy atom. The number of aldehydes is 1. The highest BCUT2D eigenvalue weighted by Crippen LogP contribution is 2.23. The molecular formula is C30H44N6O5. The van der Waals surface area contributed by atoms with E-state index < -0.39 is 5.97 Å². The molecular weight excluding hydrogens is 524 g/mol. The van der Waals surface area contributed by atoms with Gasteiger partial charge in [0.1, 0.15) is 6.29 Å². The standard InChI is InChI=1S/C30H44N6O5/c1-23-18-27(7-8-28(23)29(39)36(22-38)24(2)6-5-17-37)35-15-13-34(14-16-35)21-25(9-11-31-3)10-12-33-20-26(19-32-4)30(40)41/h7-8,17-20,22,24-25,31H,4-6,9-16,21H2,1-3H3,(H,40,41)/b26-19+,33-20?. The number of anilines is 1. The minimum Gasteiger partial charge on any atom is -0.478 e. The van der Waals surface area contributed by atoms with E-state index in [1.165, 1.54) is 17.3 Å². The van der Waals surface area contributed by atoms with E-state index >= 15 is 0 Å². The molecule has 0 aromatic heterocycles. The summed E-state index contributed by atoms with van der Waals surface area (Å²) in [5, 5.41) is 12.4. The normalized spacial score (nSPS) is 15.9. The smallest absolute Gasteiger partial charge is 0.338 e. The lowest BCUT2D eigenvalue weighted by molar-refractivity contribution is -0.132. The predicted octanol–water partition coefficient (Wildman–Crippen LogP) is 2.44. The summed E-state index contributed by atoms with van der Waals surface area (Å²) in [4.78, 5) is 60.3. The fraction of sp³-hybridized carbons (Fsp3) is 0.533. The number of amides is 2. The summed E-state index contributed by atoms with van der Waals surface area (Å²) >= 11 is 0. The van der Waals surface area contributed by atoms with E-state index in [1.54, 1.807) is 13.0 Å². The molecule has 2 atom stereocenters. The number of nitrogens with one attached hydrogen (secondary N) is 1. The van der Waals surface area contributed by atoms with Crippen molar-refractivity contribution in [1.82, 2.24) is 15.1 Å². The number of hydrogen-bond acceptors (Lipinski definition) is 9. The van der Waals surface area contributed by atoms with E-state index in [9.17, 15) is 24.3 Å². The average Bonchev–Trinajstić information content (AvgIpc) is 2.96. The number of hydrogen-bond donors (Lipinski definition) is 2. The molecule has 1 aromatic carbocycles. The van der Waals surface area contributed by atoms with Crippen LogP contribution in [0.25, 0.3) is 0 Å². The summed E-state index contributed by atoms with van der Waals surface area (Å²) in [6, 6.07) is 5.36. The van der Waals surface area contributed by atoms with E-state index in [-0.39, 0.29) is 17.5 Å². The van der Waals surface area contributed by atoms with Crippen molar-refractivity contribution in [3.05, 3.63) is 41.1 Å². The predicted molar refractivity (Wildman–Crippen MR) is 162 cm³/mol. The highest BCUT2D eigenvalue weighted by Gasteiger charge is 2.24. The van der Waals surface area contributed by atoms with Gasteiger partial charge < -0.3 is 20.1 Å². The molecule has 2 rings (SSSR count). The lowest BCUT2D eigenvalue weighted by Gasteiger charge is -2.38. The Balaban J connectivity index is 1.95. The first-order valence-electron chi connectivity index (χ1n) is 14.1. The molecule has 2 N–H and O–H groups in total. The summed E-state index contributed by atoms with van der Waals surface area (Å²) in [6.07, 6.45) is 6.47. The quantitative estimate of drug-likeness (QED) is 0.157. The Hall–Kier alpha value is -3.70. The molecule has 1 saturated heterocycles. The van der Waals surface area contributed by atoms with Crippen LogP contribution in [0.5, 0.6) is 0 Å². The number of nitrogens with zero attached hydrogens (tertiary/aromatic N) is 5. The molecule has 1 aromatic rings. The van der Waals surface area contributed by atoms with Crippen molar-refractivity contribution in [3.8, 4) is 0 Å². The number of aliphatic imine (C=N–C) groups is 2. The second-order valence-corrected chi connectivity index (χ2v) is 10.4. The second-order valence-electron chi connectivity index (χ2n) is 10.4. The topological polar surface area (TPSA) is 135 Å². The minimum absolute atomic E-state index is 0.0146. The highest BCUT2D eigenvalue weighted by molar-refractivity contribution is 6.08. The molecule has 41 heavy (non-hydrogen) atoms. The van der Waals surface area contributed by atoms with Crippen molar-refractivity contribution in [2.45, 2.75) is 45.6 Å². The Kier molecular flexibility index (Phi) is 14.6. The SMILES string of the molecule is C=N/C=C(\C=NCCC(CCNC)CN1CCN(c2ccc(C(=O)N(C=O)C(C)CCC=O)c(C)c2)CC1)C(=O)O. The van der Waals surface area contributed by atoms with Gasteiger partial charge in [-0.05, 0) is 83.1 Å². The van der Waals surface area contributed by atoms with Crippen molar-refractivity contribution in [2.75, 3.05) is 57.8 Å². The van der Waals surface area contributed by atoms with Crippen LogP contribution in [0.1, 0.15) is 48.5 Å². The molecule has 0 spiro atoms. The number of piperazine rings is 1. The van der Waals surface area contributed by atoms with Gasteiger partial charge in [0.15, 0.2) is 0 Å². The number of aliphatic carboxylic acids is 1. The molecule has 2 unspecified atom stereocenters. The van der Waals surface area contributed by atoms with E-state index in [0.717, 1.165) is 69.6 Å². The van der Waals surface area contributed by atoms with Crippen LogP contribution in [-0.2, 0) is 14.4 Å². The van der Waals surface area contributed by atoms with E-state index in [2.05, 4.69) is 31.8 Å². The maximum absolute atomic E-state index is 13.0. The number of aryl methyl sites for hydroxylation is 1. The first kappa shape index (κ1) is 33.5. The maximum atomic E-state index is 13.0. The van der Waals surface area contributed by atoms with Gasteiger partial charge in [0.2, 0.25) is 6.41 Å². The molecule has 11 heteroatoms. The van der Waals surface area contributed by atoms with Gasteiger partial charge in [-0.1, -0.05) is 0 Å². The molecule has 0 aliphatic carbocycles. The van der Waals surface area contributed by atoms with Crippen LogP contribution in [0.2, 0.25) is 0 Å². The van der Waals surface area contributed by atoms with Crippen LogP contribution in [-0.4, -0.2) is 111 Å². The van der Waals surface area contributed by atoms with Gasteiger partial charge in [0, 0.05) is 75.4 Å². The molecule has 1 fully saturated rings. The molecule has 2 amide bonds. The largest absolute Gasteiger partial charge is 0.478 e. The lowest BCUT2D eigenvalue weighted by atomic mass is 10.00. The Bertz CT molecular complexity index is 1100. The fourth-order valence-electron chi connectivity index (χ4n) is 4.92. The number of benzene rings is 1. The number of carbonyl (C=O) groups excluding carboxylic acids is 3. The third-order valence-corrected chi connectivity index (χ3v) is 7.40. The van der Waals surface area contributed by atoms with Gasteiger partial charge in [-0.25, -0.2) is 4.79 Å². The van der Waals surface area contributed by atoms with Crippen molar-refractivity contribution in [3.63, 3.8) is 0 Å². The molecule has 1 aliphatic rings. The molecule has 11 nitrogen and oxygen atoms in total. The molecule has 0 bridgehead atoms. The highest BCUT2D eigenvalue weighted by atomic mass is 16.4. The summed E-state index contributed by atoms with van der Waals surface area (Å²) in [6.45, 7) is 12.8. The van der Waals surface area contributed by atoms with Gasteiger partial charge >= 0.3 is 5.97 Å². The van der Waals surface area contributed by atoms with Gasteiger partial charge in [-0.15, -0.1) is 0 Å². The summed E-state index contributed by atoms with van der Waals surface area (Å²) in [5.41, 5.74) is 2.35. The van der Waals surface area contributed by atoms with Gasteiger partial charge in [-0.2, -0.15) is 0 Å². The van der Waals surface area contributed by atoms with Crippen molar-refractivity contribution in [2.24, 2.45) is 15.9 Å². The van der Waals surface area contributed by atoms with E-state index in [4.69, 9.17) is 0 Å². The van der Waals surface area contributed by atoms with Crippen LogP contribution < -0.4 is 10.2 Å². The van der Waals surface area contributed by atoms with Gasteiger partial charge in [0.05, 0.1) is 5.57 Å². The van der Waals surface area contributed by atoms with Crippen LogP contribution in [0.3, 0.4) is 0 Å². The third-order valence-electron chi connectivity index (χ3n) is 7.40. The van der Waals surface area contributed by atoms with Gasteiger partial charge in [-0.3, -0.25) is 29.4 Å². The summed E-state index contributed by atoms with van der Waals surface area (Å²) in [7, 11) is 1.94. The number of carbonyl (C=O) groups is 4. The zero-order valence-electron chi connectivity index (χ0n) is 24.5. The first-order chi connectivity index (χ1) is 19.7. The molecule has 224 valence electrons. The van der Waals surface area contributed by atoms with E-state index in [1.807, 2.05) is 26.1 Å². The first-order valence-corrected chi connectivity index (χ1v) is 14.1. The molecule has 1 heterocycles. The van der Waals surface area contributed by atoms with Crippen molar-refractivity contribution < 1.29 is 24.3 Å². The van der Waals surface area contributed by atoms with Crippen molar-refractivity contribution >= 4 is 43.2 Å².